The van der Waals surface area contributed by atoms with E-state index in [9.17, 15) is 30.0 Å². The highest BCUT2D eigenvalue weighted by molar-refractivity contribution is 5.81. The normalized spacial score (nSPS) is 26.1. The highest BCUT2D eigenvalue weighted by atomic mass is 16.5. The van der Waals surface area contributed by atoms with Crippen molar-refractivity contribution < 1.29 is 39.5 Å². The molecule has 5 atom stereocenters. The van der Waals surface area contributed by atoms with Crippen LogP contribution in [0.1, 0.15) is 45.4 Å². The highest BCUT2D eigenvalue weighted by Crippen LogP contribution is 2.14. The number of ether oxygens (including phenoxy) is 2. The van der Waals surface area contributed by atoms with E-state index in [0.29, 0.717) is 58.3 Å². The van der Waals surface area contributed by atoms with E-state index in [1.54, 1.807) is 0 Å². The van der Waals surface area contributed by atoms with Crippen LogP contribution in [0.25, 0.3) is 0 Å². The third kappa shape index (κ3) is 11.0. The maximum atomic E-state index is 12.9. The van der Waals surface area contributed by atoms with Gasteiger partial charge in [-0.1, -0.05) is 0 Å². The smallest absolute Gasteiger partial charge is 0.239 e. The lowest BCUT2D eigenvalue weighted by Gasteiger charge is -2.34. The number of nitrogens with zero attached hydrogens (tertiary/aromatic N) is 1. The number of nitrogens with two attached hydrogens (primary N) is 1. The zero-order chi connectivity index (χ0) is 23.9. The average Bonchev–Trinajstić information content (AvgIpc) is 2.76. The quantitative estimate of drug-likeness (QED) is 0.225. The van der Waals surface area contributed by atoms with Crippen molar-refractivity contribution in [1.29, 1.82) is 0 Å². The Labute approximate surface area is 189 Å². The zero-order valence-corrected chi connectivity index (χ0v) is 19.0. The molecule has 11 nitrogen and oxygen atoms in total. The number of carbonyl (C=O) groups excluding carboxylic acids is 2. The van der Waals surface area contributed by atoms with Crippen molar-refractivity contribution in [2.24, 2.45) is 5.73 Å². The summed E-state index contributed by atoms with van der Waals surface area (Å²) in [6.07, 6.45) is -1.83. The van der Waals surface area contributed by atoms with E-state index in [-0.39, 0.29) is 31.5 Å². The lowest BCUT2D eigenvalue weighted by molar-refractivity contribution is -0.152. The number of nitrogens with one attached hydrogen (secondary N) is 1. The summed E-state index contributed by atoms with van der Waals surface area (Å²) in [5, 5.41) is 43.1. The number of hydrogen-bond acceptors (Lipinski definition) is 9. The minimum atomic E-state index is -1.50. The fraction of sp³-hybridized carbons (Fsp3) is 0.905. The van der Waals surface area contributed by atoms with E-state index in [2.05, 4.69) is 5.32 Å². The molecule has 0 bridgehead atoms. The first kappa shape index (κ1) is 28.7. The van der Waals surface area contributed by atoms with Gasteiger partial charge in [0.05, 0.1) is 12.6 Å². The van der Waals surface area contributed by atoms with Gasteiger partial charge in [-0.25, -0.2) is 0 Å². The standard InChI is InChI=1S/C21H41N3O8/c1-15(26)23-8-3-2-7-16(22)21(30)24-9-6-11-31-10-4-5-12-32-20(18(28)14-25)19(29)17(27)13-24/h16-20,25,27-29H,2-14,22H2,1H3,(H,23,26)/t16-,17-,18+,19+,20+/m0/s1. The molecular weight excluding hydrogens is 422 g/mol. The summed E-state index contributed by atoms with van der Waals surface area (Å²) in [7, 11) is 0. The summed E-state index contributed by atoms with van der Waals surface area (Å²) in [5.41, 5.74) is 6.08. The monoisotopic (exact) mass is 463 g/mol. The second-order valence-corrected chi connectivity index (χ2v) is 8.19. The molecule has 0 saturated carbocycles. The minimum absolute atomic E-state index is 0.112. The number of aliphatic hydroxyl groups is 4. The van der Waals surface area contributed by atoms with Gasteiger partial charge in [0.15, 0.2) is 0 Å². The van der Waals surface area contributed by atoms with Crippen LogP contribution in [0.3, 0.4) is 0 Å². The summed E-state index contributed by atoms with van der Waals surface area (Å²) in [6.45, 7) is 2.59. The van der Waals surface area contributed by atoms with Crippen LogP contribution in [-0.2, 0) is 19.1 Å². The van der Waals surface area contributed by atoms with Gasteiger partial charge in [-0.2, -0.15) is 0 Å². The van der Waals surface area contributed by atoms with Crippen molar-refractivity contribution in [3.63, 3.8) is 0 Å². The molecule has 1 aliphatic rings. The molecule has 11 heteroatoms. The van der Waals surface area contributed by atoms with Crippen LogP contribution in [0.4, 0.5) is 0 Å². The third-order valence-corrected chi connectivity index (χ3v) is 5.36. The number of β-amino-alcohol motifs (C(OH)–C–C–N with tert-alkyl or cyclic N) is 1. The highest BCUT2D eigenvalue weighted by Gasteiger charge is 2.35. The van der Waals surface area contributed by atoms with Gasteiger partial charge in [0.2, 0.25) is 11.8 Å². The van der Waals surface area contributed by atoms with Crippen molar-refractivity contribution in [3.05, 3.63) is 0 Å². The predicted octanol–water partition coefficient (Wildman–Crippen LogP) is -1.89. The van der Waals surface area contributed by atoms with E-state index < -0.39 is 37.1 Å². The van der Waals surface area contributed by atoms with Crippen molar-refractivity contribution in [2.45, 2.75) is 75.9 Å². The minimum Gasteiger partial charge on any atom is -0.394 e. The number of aliphatic hydroxyl groups excluding tert-OH is 4. The molecule has 1 heterocycles. The third-order valence-electron chi connectivity index (χ3n) is 5.36. The number of unbranched alkanes of at least 4 members (excludes halogenated alkanes) is 1. The van der Waals surface area contributed by atoms with Crippen molar-refractivity contribution >= 4 is 11.8 Å². The molecule has 0 radical (unpaired) electrons. The van der Waals surface area contributed by atoms with Crippen LogP contribution in [-0.4, -0.2) is 114 Å². The summed E-state index contributed by atoms with van der Waals surface area (Å²) in [5.74, 6) is -0.470. The molecule has 7 N–H and O–H groups in total. The van der Waals surface area contributed by atoms with E-state index in [1.165, 1.54) is 11.8 Å². The van der Waals surface area contributed by atoms with E-state index >= 15 is 0 Å². The maximum absolute atomic E-state index is 12.9. The van der Waals surface area contributed by atoms with Crippen LogP contribution in [0.2, 0.25) is 0 Å². The molecule has 2 amide bonds. The molecule has 188 valence electrons. The van der Waals surface area contributed by atoms with Gasteiger partial charge in [-0.3, -0.25) is 9.59 Å². The first-order valence-electron chi connectivity index (χ1n) is 11.4. The van der Waals surface area contributed by atoms with E-state index in [0.717, 1.165) is 0 Å². The van der Waals surface area contributed by atoms with Crippen LogP contribution in [0.15, 0.2) is 0 Å². The van der Waals surface area contributed by atoms with Crippen LogP contribution >= 0.6 is 0 Å². The number of amides is 2. The Balaban J connectivity index is 2.76. The Kier molecular flexibility index (Phi) is 14.6. The number of carbonyl (C=O) groups is 2. The molecule has 32 heavy (non-hydrogen) atoms. The number of hydrogen-bond donors (Lipinski definition) is 6. The lowest BCUT2D eigenvalue weighted by atomic mass is 10.0. The van der Waals surface area contributed by atoms with Crippen molar-refractivity contribution in [2.75, 3.05) is 46.1 Å². The topological polar surface area (TPSA) is 175 Å². The fourth-order valence-corrected chi connectivity index (χ4v) is 3.48. The molecule has 0 aromatic heterocycles. The van der Waals surface area contributed by atoms with Gasteiger partial charge < -0.3 is 45.9 Å². The van der Waals surface area contributed by atoms with E-state index in [4.69, 9.17) is 15.2 Å². The van der Waals surface area contributed by atoms with E-state index in [1.807, 2.05) is 0 Å². The van der Waals surface area contributed by atoms with Crippen LogP contribution in [0.5, 0.6) is 0 Å². The lowest BCUT2D eigenvalue weighted by Crippen LogP contribution is -2.54. The van der Waals surface area contributed by atoms with Gasteiger partial charge in [-0.15, -0.1) is 0 Å². The largest absolute Gasteiger partial charge is 0.394 e. The van der Waals surface area contributed by atoms with Gasteiger partial charge >= 0.3 is 0 Å². The van der Waals surface area contributed by atoms with Crippen molar-refractivity contribution in [3.8, 4) is 0 Å². The summed E-state index contributed by atoms with van der Waals surface area (Å²) >= 11 is 0. The first-order chi connectivity index (χ1) is 15.3. The SMILES string of the molecule is CC(=O)NCCCC[C@H](N)C(=O)N1CCCOCCCCO[C@H]([C@H](O)CO)[C@H](O)[C@@H](O)C1. The molecular formula is C21H41N3O8. The Morgan fingerprint density at radius 2 is 1.84 bits per heavy atom. The predicted molar refractivity (Wildman–Crippen MR) is 117 cm³/mol. The molecule has 0 aliphatic carbocycles. The summed E-state index contributed by atoms with van der Waals surface area (Å²) in [4.78, 5) is 25.2. The Hall–Kier alpha value is -1.34. The van der Waals surface area contributed by atoms with Gasteiger partial charge in [0, 0.05) is 46.4 Å². The molecule has 0 aromatic rings. The van der Waals surface area contributed by atoms with Gasteiger partial charge in [-0.05, 0) is 38.5 Å². The molecule has 0 unspecified atom stereocenters. The molecule has 1 fully saturated rings. The first-order valence-corrected chi connectivity index (χ1v) is 11.4. The Morgan fingerprint density at radius 1 is 1.16 bits per heavy atom. The maximum Gasteiger partial charge on any atom is 0.239 e. The molecule has 0 aromatic carbocycles. The second-order valence-electron chi connectivity index (χ2n) is 8.19. The Morgan fingerprint density at radius 3 is 2.53 bits per heavy atom. The molecule has 1 aliphatic heterocycles. The second kappa shape index (κ2) is 16.3. The Bertz CT molecular complexity index is 539. The van der Waals surface area contributed by atoms with Gasteiger partial charge in [0.25, 0.3) is 0 Å². The summed E-state index contributed by atoms with van der Waals surface area (Å²) in [6, 6.07) is -0.786. The fourth-order valence-electron chi connectivity index (χ4n) is 3.48. The van der Waals surface area contributed by atoms with Crippen molar-refractivity contribution in [1.82, 2.24) is 10.2 Å². The average molecular weight is 464 g/mol. The number of rotatable bonds is 8. The van der Waals surface area contributed by atoms with Crippen LogP contribution < -0.4 is 11.1 Å². The zero-order valence-electron chi connectivity index (χ0n) is 19.0. The molecule has 1 rings (SSSR count). The summed E-state index contributed by atoms with van der Waals surface area (Å²) < 4.78 is 11.1. The molecule has 1 saturated heterocycles. The molecule has 0 spiro atoms. The van der Waals surface area contributed by atoms with Crippen LogP contribution in [0, 0.1) is 0 Å². The van der Waals surface area contributed by atoms with Gasteiger partial charge in [0.1, 0.15) is 24.4 Å².